The molecule has 51 valence electrons. The number of carbonyl (C=O) groups excluding carboxylic acids is 1. The highest BCUT2D eigenvalue weighted by Gasteiger charge is 2.21. The van der Waals surface area contributed by atoms with Gasteiger partial charge in [-0.05, 0) is 19.3 Å². The van der Waals surface area contributed by atoms with E-state index in [0.29, 0.717) is 12.2 Å². The van der Waals surface area contributed by atoms with Crippen molar-refractivity contribution in [2.24, 2.45) is 5.92 Å². The van der Waals surface area contributed by atoms with E-state index in [-0.39, 0.29) is 0 Å². The number of rotatable bonds is 4. The minimum Gasteiger partial charge on any atom is -0.300 e. The van der Waals surface area contributed by atoms with Crippen LogP contribution in [0.15, 0.2) is 0 Å². The van der Waals surface area contributed by atoms with Gasteiger partial charge >= 0.3 is 0 Å². The lowest BCUT2D eigenvalue weighted by atomic mass is 10.1. The van der Waals surface area contributed by atoms with Gasteiger partial charge in [0.25, 0.3) is 0 Å². The minimum atomic E-state index is 0.321. The summed E-state index contributed by atoms with van der Waals surface area (Å²) >= 11 is 0. The summed E-state index contributed by atoms with van der Waals surface area (Å²) in [4.78, 5) is 10.7. The van der Waals surface area contributed by atoms with Crippen LogP contribution in [0.2, 0.25) is 0 Å². The molecule has 1 heteroatoms. The van der Waals surface area contributed by atoms with Gasteiger partial charge in [-0.1, -0.05) is 12.8 Å². The molecule has 0 aromatic rings. The van der Waals surface area contributed by atoms with Crippen molar-refractivity contribution in [1.29, 1.82) is 0 Å². The van der Waals surface area contributed by atoms with Gasteiger partial charge in [-0.25, -0.2) is 0 Å². The second-order valence-corrected chi connectivity index (χ2v) is 2.77. The van der Waals surface area contributed by atoms with E-state index in [2.05, 4.69) is 6.92 Å². The van der Waals surface area contributed by atoms with Crippen LogP contribution in [0.25, 0.3) is 0 Å². The second-order valence-electron chi connectivity index (χ2n) is 2.77. The van der Waals surface area contributed by atoms with Gasteiger partial charge in [0.2, 0.25) is 0 Å². The van der Waals surface area contributed by atoms with Gasteiger partial charge in [-0.2, -0.15) is 0 Å². The third-order valence-electron chi connectivity index (χ3n) is 1.81. The normalized spacial score (nSPS) is 17.9. The van der Waals surface area contributed by atoms with Gasteiger partial charge in [0.15, 0.2) is 0 Å². The summed E-state index contributed by atoms with van der Waals surface area (Å²) in [6.07, 6.45) is 5.07. The zero-order valence-corrected chi connectivity index (χ0v) is 5.73. The maximum atomic E-state index is 10.7. The Morgan fingerprint density at radius 2 is 2.22 bits per heavy atom. The zero-order chi connectivity index (χ0) is 6.69. The van der Waals surface area contributed by atoms with E-state index in [1.807, 2.05) is 0 Å². The minimum absolute atomic E-state index is 0.321. The lowest BCUT2D eigenvalue weighted by Gasteiger charge is -1.92. The molecule has 0 aromatic carbocycles. The predicted octanol–water partition coefficient (Wildman–Crippen LogP) is 1.97. The summed E-state index contributed by atoms with van der Waals surface area (Å²) in [5, 5.41) is 0. The maximum Gasteiger partial charge on any atom is 0.132 e. The first-order valence-corrected chi connectivity index (χ1v) is 3.64. The van der Waals surface area contributed by atoms with Crippen molar-refractivity contribution in [3.05, 3.63) is 6.92 Å². The largest absolute Gasteiger partial charge is 0.300 e. The third-order valence-corrected chi connectivity index (χ3v) is 1.81. The first-order valence-electron chi connectivity index (χ1n) is 3.64. The number of hydrogen-bond acceptors (Lipinski definition) is 1. The molecule has 0 spiro atoms. The Balaban J connectivity index is 1.96. The zero-order valence-electron chi connectivity index (χ0n) is 5.73. The molecule has 0 aliphatic heterocycles. The predicted molar refractivity (Wildman–Crippen MR) is 36.9 cm³/mol. The number of hydrogen-bond donors (Lipinski definition) is 0. The quantitative estimate of drug-likeness (QED) is 0.561. The smallest absolute Gasteiger partial charge is 0.132 e. The summed E-state index contributed by atoms with van der Waals surface area (Å²) in [6.45, 7) is 3.53. The van der Waals surface area contributed by atoms with Crippen LogP contribution in [-0.2, 0) is 4.79 Å². The van der Waals surface area contributed by atoms with Gasteiger partial charge in [0.1, 0.15) is 5.78 Å². The van der Waals surface area contributed by atoms with Gasteiger partial charge in [0.05, 0.1) is 0 Å². The molecule has 1 aliphatic carbocycles. The highest BCUT2D eigenvalue weighted by molar-refractivity contribution is 5.78. The van der Waals surface area contributed by atoms with E-state index >= 15 is 0 Å². The number of Topliss-reactive ketones (excluding diaryl/α,β-unsaturated/α-hetero) is 1. The first-order chi connectivity index (χ1) is 4.33. The molecule has 1 saturated carbocycles. The molecule has 1 fully saturated rings. The molecule has 0 bridgehead atoms. The van der Waals surface area contributed by atoms with E-state index in [9.17, 15) is 4.79 Å². The van der Waals surface area contributed by atoms with Crippen molar-refractivity contribution in [1.82, 2.24) is 0 Å². The van der Waals surface area contributed by atoms with Crippen molar-refractivity contribution in [3.63, 3.8) is 0 Å². The van der Waals surface area contributed by atoms with E-state index in [1.54, 1.807) is 0 Å². The van der Waals surface area contributed by atoms with E-state index < -0.39 is 0 Å². The van der Waals surface area contributed by atoms with E-state index in [0.717, 1.165) is 18.8 Å². The monoisotopic (exact) mass is 125 g/mol. The van der Waals surface area contributed by atoms with Gasteiger partial charge in [0, 0.05) is 12.8 Å². The molecular formula is C8H13O. The van der Waals surface area contributed by atoms with E-state index in [4.69, 9.17) is 0 Å². The van der Waals surface area contributed by atoms with Crippen LogP contribution in [0.4, 0.5) is 0 Å². The molecule has 0 unspecified atom stereocenters. The highest BCUT2D eigenvalue weighted by Crippen LogP contribution is 2.33. The van der Waals surface area contributed by atoms with Crippen LogP contribution in [0, 0.1) is 12.8 Å². The Morgan fingerprint density at radius 1 is 1.56 bits per heavy atom. The molecule has 1 rings (SSSR count). The summed E-state index contributed by atoms with van der Waals surface area (Å²) in [5.41, 5.74) is 0. The van der Waals surface area contributed by atoms with Crippen LogP contribution in [0.3, 0.4) is 0 Å². The molecule has 1 aliphatic rings. The average Bonchev–Trinajstić information content (AvgIpc) is 2.65. The molecule has 0 heterocycles. The summed E-state index contributed by atoms with van der Waals surface area (Å²) < 4.78 is 0. The van der Waals surface area contributed by atoms with Crippen molar-refractivity contribution in [2.45, 2.75) is 32.1 Å². The van der Waals surface area contributed by atoms with Crippen molar-refractivity contribution >= 4 is 5.78 Å². The molecule has 9 heavy (non-hydrogen) atoms. The molecule has 1 radical (unpaired) electrons. The summed E-state index contributed by atoms with van der Waals surface area (Å²) in [6, 6.07) is 0. The molecule has 0 aromatic heterocycles. The van der Waals surface area contributed by atoms with Crippen LogP contribution < -0.4 is 0 Å². The lowest BCUT2D eigenvalue weighted by molar-refractivity contribution is -0.118. The topological polar surface area (TPSA) is 17.1 Å². The summed E-state index contributed by atoms with van der Waals surface area (Å²) in [5.74, 6) is 1.21. The third kappa shape index (κ3) is 2.64. The average molecular weight is 125 g/mol. The lowest BCUT2D eigenvalue weighted by Crippen LogP contribution is -1.94. The summed E-state index contributed by atoms with van der Waals surface area (Å²) in [7, 11) is 0. The fourth-order valence-electron chi connectivity index (χ4n) is 0.897. The van der Waals surface area contributed by atoms with Gasteiger partial charge in [-0.15, -0.1) is 0 Å². The van der Waals surface area contributed by atoms with Gasteiger partial charge in [-0.3, -0.25) is 4.79 Å². The van der Waals surface area contributed by atoms with E-state index in [1.165, 1.54) is 12.8 Å². The van der Waals surface area contributed by atoms with Crippen LogP contribution in [0.1, 0.15) is 32.1 Å². The van der Waals surface area contributed by atoms with Crippen molar-refractivity contribution in [2.75, 3.05) is 0 Å². The van der Waals surface area contributed by atoms with Gasteiger partial charge < -0.3 is 0 Å². The standard InChI is InChI=1S/C8H13O/c1-2-8(9)6-5-7-3-4-7/h7H,1-6H2. The van der Waals surface area contributed by atoms with Crippen LogP contribution in [-0.4, -0.2) is 5.78 Å². The molecule has 0 atom stereocenters. The van der Waals surface area contributed by atoms with Crippen LogP contribution >= 0.6 is 0 Å². The SMILES string of the molecule is [CH2]CC(=O)CCC1CC1. The molecule has 1 nitrogen and oxygen atoms in total. The van der Waals surface area contributed by atoms with Crippen molar-refractivity contribution in [3.8, 4) is 0 Å². The Morgan fingerprint density at radius 3 is 2.67 bits per heavy atom. The molecule has 0 amide bonds. The highest BCUT2D eigenvalue weighted by atomic mass is 16.1. The Bertz CT molecular complexity index is 103. The maximum absolute atomic E-state index is 10.7. The number of carbonyl (C=O) groups is 1. The van der Waals surface area contributed by atoms with Crippen LogP contribution in [0.5, 0.6) is 0 Å². The number of ketones is 1. The fourth-order valence-corrected chi connectivity index (χ4v) is 0.897. The first kappa shape index (κ1) is 6.79. The Hall–Kier alpha value is -0.330. The second kappa shape index (κ2) is 3.00. The molecular weight excluding hydrogens is 112 g/mol. The fraction of sp³-hybridized carbons (Fsp3) is 0.750. The Labute approximate surface area is 56.4 Å². The molecule has 0 saturated heterocycles. The molecule has 0 N–H and O–H groups in total. The Kier molecular flexibility index (Phi) is 2.26. The van der Waals surface area contributed by atoms with Crippen molar-refractivity contribution < 1.29 is 4.79 Å².